The van der Waals surface area contributed by atoms with Crippen molar-refractivity contribution in [3.8, 4) is 5.75 Å². The van der Waals surface area contributed by atoms with E-state index in [1.165, 1.54) is 36.3 Å². The van der Waals surface area contributed by atoms with E-state index in [1.807, 2.05) is 36.4 Å². The highest BCUT2D eigenvalue weighted by molar-refractivity contribution is 8.14. The zero-order chi connectivity index (χ0) is 23.2. The fraction of sp³-hybridized carbons (Fsp3) is 0.0800. The Hall–Kier alpha value is -3.91. The molecule has 6 nitrogen and oxygen atoms in total. The number of benzene rings is 3. The van der Waals surface area contributed by atoms with Crippen molar-refractivity contribution in [3.05, 3.63) is 95.9 Å². The first-order chi connectivity index (χ1) is 16.0. The summed E-state index contributed by atoms with van der Waals surface area (Å²) in [5.74, 6) is -0.476. The minimum Gasteiger partial charge on any atom is -0.495 e. The average molecular weight is 462 g/mol. The normalized spacial score (nSPS) is 14.4. The second kappa shape index (κ2) is 10.1. The van der Waals surface area contributed by atoms with Crippen LogP contribution in [-0.2, 0) is 9.59 Å². The number of para-hydroxylation sites is 2. The lowest BCUT2D eigenvalue weighted by Gasteiger charge is -2.17. The lowest BCUT2D eigenvalue weighted by atomic mass is 10.2. The first-order valence-electron chi connectivity index (χ1n) is 10.1. The van der Waals surface area contributed by atoms with Gasteiger partial charge in [-0.25, -0.2) is 9.38 Å². The number of methoxy groups -OCH3 is 1. The number of aliphatic imine (C=N–C) groups is 1. The summed E-state index contributed by atoms with van der Waals surface area (Å²) in [5.41, 5.74) is 2.08. The number of ether oxygens (including phenoxy) is 1. The van der Waals surface area contributed by atoms with Gasteiger partial charge in [-0.05, 0) is 48.0 Å². The lowest BCUT2D eigenvalue weighted by Crippen LogP contribution is -2.31. The van der Waals surface area contributed by atoms with E-state index in [1.54, 1.807) is 24.3 Å². The molecule has 2 amide bonds. The third kappa shape index (κ3) is 5.30. The molecule has 0 bridgehead atoms. The number of carbonyl (C=O) groups excluding carboxylic acids is 2. The fourth-order valence-electron chi connectivity index (χ4n) is 3.18. The van der Waals surface area contributed by atoms with Gasteiger partial charge in [-0.15, -0.1) is 0 Å². The van der Waals surface area contributed by atoms with Crippen molar-refractivity contribution in [1.29, 1.82) is 0 Å². The molecule has 0 saturated heterocycles. The van der Waals surface area contributed by atoms with Crippen LogP contribution in [0.5, 0.6) is 5.75 Å². The van der Waals surface area contributed by atoms with E-state index in [2.05, 4.69) is 10.3 Å². The molecule has 1 N–H and O–H groups in total. The van der Waals surface area contributed by atoms with Gasteiger partial charge in [0.15, 0.2) is 5.17 Å². The monoisotopic (exact) mass is 461 g/mol. The van der Waals surface area contributed by atoms with Gasteiger partial charge in [-0.3, -0.25) is 14.5 Å². The first kappa shape index (κ1) is 22.3. The predicted molar refractivity (Wildman–Crippen MR) is 130 cm³/mol. The van der Waals surface area contributed by atoms with Crippen LogP contribution in [0.15, 0.2) is 89.6 Å². The van der Waals surface area contributed by atoms with Crippen molar-refractivity contribution in [2.75, 3.05) is 23.1 Å². The Balaban J connectivity index is 1.56. The van der Waals surface area contributed by atoms with Crippen LogP contribution in [0.3, 0.4) is 0 Å². The molecular formula is C25H20FN3O3S. The predicted octanol–water partition coefficient (Wildman–Crippen LogP) is 4.95. The molecule has 1 aliphatic heterocycles. The number of anilines is 2. The number of hydrogen-bond donors (Lipinski definition) is 1. The van der Waals surface area contributed by atoms with Crippen LogP contribution in [0.25, 0.3) is 6.08 Å². The molecule has 4 rings (SSSR count). The highest BCUT2D eigenvalue weighted by Crippen LogP contribution is 2.30. The highest BCUT2D eigenvalue weighted by atomic mass is 32.2. The van der Waals surface area contributed by atoms with Crippen LogP contribution in [0.2, 0.25) is 0 Å². The minimum atomic E-state index is -0.409. The number of hydrogen-bond acceptors (Lipinski definition) is 5. The van der Waals surface area contributed by atoms with Gasteiger partial charge >= 0.3 is 0 Å². The van der Waals surface area contributed by atoms with E-state index in [-0.39, 0.29) is 23.3 Å². The Labute approximate surface area is 194 Å². The first-order valence-corrected chi connectivity index (χ1v) is 11.0. The Bertz CT molecular complexity index is 1230. The number of nitrogens with one attached hydrogen (secondary N) is 1. The summed E-state index contributed by atoms with van der Waals surface area (Å²) in [6, 6.07) is 22.0. The highest BCUT2D eigenvalue weighted by Gasteiger charge is 2.32. The van der Waals surface area contributed by atoms with E-state index < -0.39 is 5.82 Å². The Morgan fingerprint density at radius 2 is 1.76 bits per heavy atom. The van der Waals surface area contributed by atoms with Crippen LogP contribution < -0.4 is 15.0 Å². The maximum absolute atomic E-state index is 13.4. The van der Waals surface area contributed by atoms with Gasteiger partial charge in [0, 0.05) is 0 Å². The molecule has 3 aromatic carbocycles. The largest absolute Gasteiger partial charge is 0.495 e. The summed E-state index contributed by atoms with van der Waals surface area (Å²) in [4.78, 5) is 31.6. The number of thioether (sulfide) groups is 1. The van der Waals surface area contributed by atoms with Gasteiger partial charge in [0.05, 0.1) is 24.2 Å². The van der Waals surface area contributed by atoms with Crippen molar-refractivity contribution < 1.29 is 18.7 Å². The van der Waals surface area contributed by atoms with E-state index >= 15 is 0 Å². The van der Waals surface area contributed by atoms with Crippen molar-refractivity contribution >= 4 is 46.2 Å². The molecule has 0 atom stereocenters. The third-order valence-electron chi connectivity index (χ3n) is 4.73. The van der Waals surface area contributed by atoms with Crippen LogP contribution in [0.1, 0.15) is 5.56 Å². The van der Waals surface area contributed by atoms with Crippen LogP contribution in [0, 0.1) is 5.82 Å². The number of amides is 2. The van der Waals surface area contributed by atoms with Crippen LogP contribution >= 0.6 is 11.8 Å². The Morgan fingerprint density at radius 3 is 2.48 bits per heavy atom. The van der Waals surface area contributed by atoms with Gasteiger partial charge in [0.2, 0.25) is 5.91 Å². The zero-order valence-electron chi connectivity index (χ0n) is 17.7. The van der Waals surface area contributed by atoms with Gasteiger partial charge in [-0.1, -0.05) is 54.2 Å². The number of carbonyl (C=O) groups is 2. The number of nitrogens with zero attached hydrogens (tertiary/aromatic N) is 2. The van der Waals surface area contributed by atoms with E-state index in [0.29, 0.717) is 22.3 Å². The molecule has 0 aliphatic carbocycles. The minimum absolute atomic E-state index is 0.0144. The number of rotatable bonds is 6. The van der Waals surface area contributed by atoms with Gasteiger partial charge < -0.3 is 10.1 Å². The second-order valence-corrected chi connectivity index (χ2v) is 7.93. The smallest absolute Gasteiger partial charge is 0.283 e. The van der Waals surface area contributed by atoms with Crippen molar-refractivity contribution in [1.82, 2.24) is 0 Å². The summed E-state index contributed by atoms with van der Waals surface area (Å²) in [7, 11) is 1.53. The average Bonchev–Trinajstić information content (AvgIpc) is 3.14. The molecule has 1 heterocycles. The molecule has 3 aromatic rings. The summed E-state index contributed by atoms with van der Waals surface area (Å²) >= 11 is 1.12. The second-order valence-electron chi connectivity index (χ2n) is 6.99. The summed E-state index contributed by atoms with van der Waals surface area (Å²) in [6.45, 7) is 0. The standard InChI is InChI=1S/C25H20FN3O3S/c1-32-22-10-6-5-9-20(22)27-23(30)16-33-25-28-21(15-17-7-3-2-4-8-17)24(31)29(25)19-13-11-18(26)12-14-19/h2-15H,16H2,1H3,(H,27,30)/b21-15+. The summed E-state index contributed by atoms with van der Waals surface area (Å²) in [6.07, 6.45) is 1.68. The third-order valence-corrected chi connectivity index (χ3v) is 5.67. The van der Waals surface area contributed by atoms with Gasteiger partial charge in [0.25, 0.3) is 5.91 Å². The van der Waals surface area contributed by atoms with Crippen molar-refractivity contribution in [2.24, 2.45) is 4.99 Å². The molecule has 8 heteroatoms. The maximum atomic E-state index is 13.4. The topological polar surface area (TPSA) is 71.0 Å². The van der Waals surface area contributed by atoms with Gasteiger partial charge in [0.1, 0.15) is 17.3 Å². The number of halogens is 1. The van der Waals surface area contributed by atoms with Crippen LogP contribution in [-0.4, -0.2) is 29.8 Å². The molecule has 0 unspecified atom stereocenters. The Morgan fingerprint density at radius 1 is 1.06 bits per heavy atom. The van der Waals surface area contributed by atoms with Crippen LogP contribution in [0.4, 0.5) is 15.8 Å². The van der Waals surface area contributed by atoms with E-state index in [0.717, 1.165) is 17.3 Å². The molecule has 0 aromatic heterocycles. The molecule has 0 saturated carbocycles. The molecule has 0 fully saturated rings. The Kier molecular flexibility index (Phi) is 6.85. The lowest BCUT2D eigenvalue weighted by molar-refractivity contribution is -0.114. The van der Waals surface area contributed by atoms with E-state index in [4.69, 9.17) is 4.74 Å². The fourth-order valence-corrected chi connectivity index (χ4v) is 4.00. The molecule has 1 aliphatic rings. The summed E-state index contributed by atoms with van der Waals surface area (Å²) in [5, 5.41) is 3.14. The maximum Gasteiger partial charge on any atom is 0.283 e. The zero-order valence-corrected chi connectivity index (χ0v) is 18.5. The molecule has 0 spiro atoms. The molecule has 33 heavy (non-hydrogen) atoms. The molecule has 166 valence electrons. The van der Waals surface area contributed by atoms with Gasteiger partial charge in [-0.2, -0.15) is 0 Å². The number of amidine groups is 1. The molecular weight excluding hydrogens is 441 g/mol. The summed E-state index contributed by atoms with van der Waals surface area (Å²) < 4.78 is 18.7. The van der Waals surface area contributed by atoms with Crippen molar-refractivity contribution in [3.63, 3.8) is 0 Å². The quantitative estimate of drug-likeness (QED) is 0.528. The SMILES string of the molecule is COc1ccccc1NC(=O)CSC1=N/C(=C/c2ccccc2)C(=O)N1c1ccc(F)cc1. The molecule has 0 radical (unpaired) electrons. The van der Waals surface area contributed by atoms with Crippen molar-refractivity contribution in [2.45, 2.75) is 0 Å². The van der Waals surface area contributed by atoms with E-state index in [9.17, 15) is 14.0 Å².